The van der Waals surface area contributed by atoms with Crippen molar-refractivity contribution in [2.75, 3.05) is 18.0 Å². The van der Waals surface area contributed by atoms with Gasteiger partial charge in [-0.1, -0.05) is 6.42 Å². The third-order valence-electron chi connectivity index (χ3n) is 4.40. The molecule has 3 nitrogen and oxygen atoms in total. The lowest BCUT2D eigenvalue weighted by Gasteiger charge is -2.42. The first-order chi connectivity index (χ1) is 8.78. The molecular weight excluding hydrogens is 222 g/mol. The first-order valence-corrected chi connectivity index (χ1v) is 6.88. The molecule has 0 aromatic carbocycles. The second kappa shape index (κ2) is 4.61. The van der Waals surface area contributed by atoms with E-state index in [1.54, 1.807) is 0 Å². The Bertz CT molecular complexity index is 477. The maximum Gasteiger partial charge on any atom is 0.146 e. The van der Waals surface area contributed by atoms with Crippen molar-refractivity contribution in [3.05, 3.63) is 23.4 Å². The highest BCUT2D eigenvalue weighted by molar-refractivity contribution is 5.57. The number of rotatable bonds is 1. The first-order valence-electron chi connectivity index (χ1n) is 6.88. The summed E-state index contributed by atoms with van der Waals surface area (Å²) in [6.07, 6.45) is 7.29. The van der Waals surface area contributed by atoms with Crippen LogP contribution in [0.5, 0.6) is 0 Å². The van der Waals surface area contributed by atoms with Crippen molar-refractivity contribution < 1.29 is 0 Å². The Hall–Kier alpha value is -1.56. The zero-order valence-electron chi connectivity index (χ0n) is 10.9. The van der Waals surface area contributed by atoms with Gasteiger partial charge in [-0.15, -0.1) is 0 Å². The van der Waals surface area contributed by atoms with Crippen LogP contribution in [0.25, 0.3) is 0 Å². The zero-order valence-corrected chi connectivity index (χ0v) is 10.9. The average Bonchev–Trinajstić information content (AvgIpc) is 2.38. The van der Waals surface area contributed by atoms with E-state index >= 15 is 0 Å². The minimum absolute atomic E-state index is 0.762. The Balaban J connectivity index is 1.91. The zero-order chi connectivity index (χ0) is 12.5. The molecule has 1 aromatic rings. The molecule has 0 amide bonds. The standard InChI is InChI=1S/C15H19N3/c1-11-5-6-17-15(14(11)8-16)18-9-12-3-2-4-13(7-12)10-18/h5-6,12-13H,2-4,7,9-10H2,1H3. The SMILES string of the molecule is Cc1ccnc(N2CC3CCCC(C3)C2)c1C#N. The smallest absolute Gasteiger partial charge is 0.146 e. The van der Waals surface area contributed by atoms with E-state index < -0.39 is 0 Å². The number of fused-ring (bicyclic) bond motifs is 2. The summed E-state index contributed by atoms with van der Waals surface area (Å²) in [7, 11) is 0. The van der Waals surface area contributed by atoms with Crippen LogP contribution in [0, 0.1) is 30.1 Å². The van der Waals surface area contributed by atoms with Crippen molar-refractivity contribution in [3.8, 4) is 6.07 Å². The molecule has 2 aliphatic rings. The highest BCUT2D eigenvalue weighted by atomic mass is 15.2. The molecule has 1 saturated carbocycles. The number of aromatic nitrogens is 1. The van der Waals surface area contributed by atoms with E-state index in [0.29, 0.717) is 0 Å². The number of aryl methyl sites for hydroxylation is 1. The van der Waals surface area contributed by atoms with Crippen LogP contribution in [0.2, 0.25) is 0 Å². The van der Waals surface area contributed by atoms with Crippen LogP contribution in [0.15, 0.2) is 12.3 Å². The summed E-state index contributed by atoms with van der Waals surface area (Å²) in [6, 6.07) is 4.25. The van der Waals surface area contributed by atoms with E-state index in [9.17, 15) is 5.26 Å². The van der Waals surface area contributed by atoms with Crippen molar-refractivity contribution in [2.24, 2.45) is 11.8 Å². The van der Waals surface area contributed by atoms with Crippen molar-refractivity contribution >= 4 is 5.82 Å². The summed E-state index contributed by atoms with van der Waals surface area (Å²) in [4.78, 5) is 6.82. The van der Waals surface area contributed by atoms with Crippen molar-refractivity contribution in [1.29, 1.82) is 5.26 Å². The number of anilines is 1. The molecule has 0 spiro atoms. The monoisotopic (exact) mass is 241 g/mol. The Labute approximate surface area is 108 Å². The Morgan fingerprint density at radius 2 is 2.06 bits per heavy atom. The van der Waals surface area contributed by atoms with Crippen LogP contribution in [-0.2, 0) is 0 Å². The summed E-state index contributed by atoms with van der Waals surface area (Å²) in [5, 5.41) is 9.32. The van der Waals surface area contributed by atoms with Crippen LogP contribution >= 0.6 is 0 Å². The van der Waals surface area contributed by atoms with Crippen molar-refractivity contribution in [3.63, 3.8) is 0 Å². The maximum atomic E-state index is 9.32. The van der Waals surface area contributed by atoms with E-state index in [1.807, 2.05) is 19.2 Å². The fourth-order valence-corrected chi connectivity index (χ4v) is 3.53. The van der Waals surface area contributed by atoms with Crippen molar-refractivity contribution in [2.45, 2.75) is 32.6 Å². The van der Waals surface area contributed by atoms with Gasteiger partial charge in [0.05, 0.1) is 5.56 Å². The molecule has 2 unspecified atom stereocenters. The number of piperidine rings is 1. The van der Waals surface area contributed by atoms with Gasteiger partial charge in [-0.3, -0.25) is 0 Å². The number of nitrogens with zero attached hydrogens (tertiary/aromatic N) is 3. The largest absolute Gasteiger partial charge is 0.355 e. The highest BCUT2D eigenvalue weighted by Crippen LogP contribution is 2.36. The molecule has 1 aromatic heterocycles. The van der Waals surface area contributed by atoms with Gasteiger partial charge in [0, 0.05) is 19.3 Å². The minimum atomic E-state index is 0.762. The Morgan fingerprint density at radius 1 is 1.33 bits per heavy atom. The molecule has 3 heteroatoms. The first kappa shape index (κ1) is 11.5. The van der Waals surface area contributed by atoms with Crippen molar-refractivity contribution in [1.82, 2.24) is 4.98 Å². The van der Waals surface area contributed by atoms with E-state index in [0.717, 1.165) is 41.9 Å². The lowest BCUT2D eigenvalue weighted by atomic mass is 9.78. The van der Waals surface area contributed by atoms with Gasteiger partial charge in [-0.2, -0.15) is 5.26 Å². The summed E-state index contributed by atoms with van der Waals surface area (Å²) >= 11 is 0. The predicted octanol–water partition coefficient (Wildman–Crippen LogP) is 2.89. The Morgan fingerprint density at radius 3 is 2.72 bits per heavy atom. The number of hydrogen-bond acceptors (Lipinski definition) is 3. The van der Waals surface area contributed by atoms with Crippen LogP contribution < -0.4 is 4.90 Å². The molecule has 0 N–H and O–H groups in total. The van der Waals surface area contributed by atoms with E-state index in [4.69, 9.17) is 0 Å². The topological polar surface area (TPSA) is 39.9 Å². The highest BCUT2D eigenvalue weighted by Gasteiger charge is 2.31. The van der Waals surface area contributed by atoms with Gasteiger partial charge in [0.15, 0.2) is 0 Å². The number of hydrogen-bond donors (Lipinski definition) is 0. The van der Waals surface area contributed by atoms with E-state index in [1.165, 1.54) is 25.7 Å². The van der Waals surface area contributed by atoms with E-state index in [2.05, 4.69) is 16.0 Å². The summed E-state index contributed by atoms with van der Waals surface area (Å²) in [6.45, 7) is 4.16. The number of nitriles is 1. The van der Waals surface area contributed by atoms with Gasteiger partial charge < -0.3 is 4.90 Å². The molecule has 3 rings (SSSR count). The molecule has 2 fully saturated rings. The maximum absolute atomic E-state index is 9.32. The fraction of sp³-hybridized carbons (Fsp3) is 0.600. The van der Waals surface area contributed by atoms with Gasteiger partial charge in [0.1, 0.15) is 11.9 Å². The third kappa shape index (κ3) is 1.96. The van der Waals surface area contributed by atoms with Crippen LogP contribution in [0.1, 0.15) is 36.8 Å². The second-order valence-electron chi connectivity index (χ2n) is 5.74. The second-order valence-corrected chi connectivity index (χ2v) is 5.74. The summed E-state index contributed by atoms with van der Waals surface area (Å²) < 4.78 is 0. The minimum Gasteiger partial charge on any atom is -0.355 e. The van der Waals surface area contributed by atoms with Gasteiger partial charge in [-0.25, -0.2) is 4.98 Å². The molecule has 18 heavy (non-hydrogen) atoms. The molecule has 2 bridgehead atoms. The van der Waals surface area contributed by atoms with Crippen LogP contribution in [0.4, 0.5) is 5.82 Å². The molecule has 94 valence electrons. The molecule has 2 atom stereocenters. The van der Waals surface area contributed by atoms with Crippen LogP contribution in [0.3, 0.4) is 0 Å². The van der Waals surface area contributed by atoms with Gasteiger partial charge >= 0.3 is 0 Å². The summed E-state index contributed by atoms with van der Waals surface area (Å²) in [5.74, 6) is 2.53. The normalized spacial score (nSPS) is 26.8. The lowest BCUT2D eigenvalue weighted by Crippen LogP contribution is -2.43. The quantitative estimate of drug-likeness (QED) is 0.759. The molecule has 1 saturated heterocycles. The van der Waals surface area contributed by atoms with Gasteiger partial charge in [-0.05, 0) is 49.7 Å². The fourth-order valence-electron chi connectivity index (χ4n) is 3.53. The lowest BCUT2D eigenvalue weighted by molar-refractivity contribution is 0.230. The summed E-state index contributed by atoms with van der Waals surface area (Å²) in [5.41, 5.74) is 1.80. The molecule has 0 radical (unpaired) electrons. The van der Waals surface area contributed by atoms with Crippen LogP contribution in [-0.4, -0.2) is 18.1 Å². The molecule has 1 aliphatic carbocycles. The predicted molar refractivity (Wildman–Crippen MR) is 71.4 cm³/mol. The third-order valence-corrected chi connectivity index (χ3v) is 4.40. The van der Waals surface area contributed by atoms with Gasteiger partial charge in [0.2, 0.25) is 0 Å². The molecule has 2 heterocycles. The average molecular weight is 241 g/mol. The van der Waals surface area contributed by atoms with Gasteiger partial charge in [0.25, 0.3) is 0 Å². The molecule has 1 aliphatic heterocycles. The molecular formula is C15H19N3. The number of pyridine rings is 1. The van der Waals surface area contributed by atoms with E-state index in [-0.39, 0.29) is 0 Å². The Kier molecular flexibility index (Phi) is 2.95.